The molecule has 1 aromatic heterocycles. The molecule has 4 N–H and O–H groups in total. The van der Waals surface area contributed by atoms with Crippen molar-refractivity contribution in [2.75, 3.05) is 5.32 Å². The number of nitrogens with one attached hydrogen (secondary N) is 1. The third-order valence-electron chi connectivity index (χ3n) is 1.39. The topological polar surface area (TPSA) is 105 Å². The number of carbonyl (C=O) groups excluding carboxylic acids is 1. The molecule has 0 aliphatic heterocycles. The lowest BCUT2D eigenvalue weighted by atomic mass is 10.2. The minimum absolute atomic E-state index is 0.242. The average Bonchev–Trinajstić information content (AvgIpc) is 2.50. The minimum atomic E-state index is -1.15. The van der Waals surface area contributed by atoms with Gasteiger partial charge in [0, 0.05) is 12.3 Å². The molecular weight excluding hydrogens is 206 g/mol. The molecule has 0 radical (unpaired) electrons. The quantitative estimate of drug-likeness (QED) is 0.667. The van der Waals surface area contributed by atoms with E-state index in [1.807, 2.05) is 0 Å². The Labute approximate surface area is 83.8 Å². The summed E-state index contributed by atoms with van der Waals surface area (Å²) in [5, 5.41) is 12.9. The first-order valence-electron chi connectivity index (χ1n) is 3.72. The van der Waals surface area contributed by atoms with E-state index in [1.54, 1.807) is 0 Å². The summed E-state index contributed by atoms with van der Waals surface area (Å²) in [4.78, 5) is 25.0. The standard InChI is InChI=1S/C7H9N3O3S/c1-3(11)9-7-10-4(2-14-7)5(8)6(12)13/h2,5H,8H2,1H3,(H,12,13)(H,9,10,11). The zero-order valence-corrected chi connectivity index (χ0v) is 8.17. The second kappa shape index (κ2) is 4.16. The number of hydrogen-bond donors (Lipinski definition) is 3. The summed E-state index contributed by atoms with van der Waals surface area (Å²) in [7, 11) is 0. The maximum Gasteiger partial charge on any atom is 0.326 e. The van der Waals surface area contributed by atoms with Crippen LogP contribution in [0.15, 0.2) is 5.38 Å². The van der Waals surface area contributed by atoms with Crippen LogP contribution >= 0.6 is 11.3 Å². The molecule has 76 valence electrons. The monoisotopic (exact) mass is 215 g/mol. The molecule has 1 aromatic rings. The lowest BCUT2D eigenvalue weighted by molar-refractivity contribution is -0.138. The van der Waals surface area contributed by atoms with Gasteiger partial charge in [0.15, 0.2) is 5.13 Å². The number of nitrogens with two attached hydrogens (primary N) is 1. The highest BCUT2D eigenvalue weighted by molar-refractivity contribution is 7.13. The van der Waals surface area contributed by atoms with Gasteiger partial charge in [-0.2, -0.15) is 0 Å². The van der Waals surface area contributed by atoms with E-state index in [4.69, 9.17) is 10.8 Å². The third kappa shape index (κ3) is 2.51. The molecule has 6 nitrogen and oxygen atoms in total. The molecule has 1 atom stereocenters. The van der Waals surface area contributed by atoms with Gasteiger partial charge < -0.3 is 16.2 Å². The Bertz CT molecular complexity index is 363. The summed E-state index contributed by atoms with van der Waals surface area (Å²) in [6.07, 6.45) is 0. The van der Waals surface area contributed by atoms with E-state index in [-0.39, 0.29) is 11.6 Å². The Balaban J connectivity index is 2.77. The Morgan fingerprint density at radius 3 is 2.86 bits per heavy atom. The van der Waals surface area contributed by atoms with E-state index in [0.717, 1.165) is 11.3 Å². The fraction of sp³-hybridized carbons (Fsp3) is 0.286. The van der Waals surface area contributed by atoms with Crippen molar-refractivity contribution >= 4 is 28.3 Å². The Morgan fingerprint density at radius 1 is 1.71 bits per heavy atom. The molecule has 14 heavy (non-hydrogen) atoms. The van der Waals surface area contributed by atoms with E-state index in [0.29, 0.717) is 5.13 Å². The first kappa shape index (κ1) is 10.6. The summed E-state index contributed by atoms with van der Waals surface area (Å²) >= 11 is 1.14. The molecule has 0 bridgehead atoms. The number of thiazole rings is 1. The van der Waals surface area contributed by atoms with Gasteiger partial charge in [0.25, 0.3) is 0 Å². The second-order valence-corrected chi connectivity index (χ2v) is 3.43. The predicted molar refractivity (Wildman–Crippen MR) is 51.0 cm³/mol. The lowest BCUT2D eigenvalue weighted by Gasteiger charge is -2.00. The van der Waals surface area contributed by atoms with E-state index >= 15 is 0 Å². The van der Waals surface area contributed by atoms with Crippen LogP contribution in [0, 0.1) is 0 Å². The summed E-state index contributed by atoms with van der Waals surface area (Å²) in [5.74, 6) is -1.40. The van der Waals surface area contributed by atoms with Crippen LogP contribution < -0.4 is 11.1 Å². The van der Waals surface area contributed by atoms with Crippen LogP contribution in [-0.4, -0.2) is 22.0 Å². The number of rotatable bonds is 3. The van der Waals surface area contributed by atoms with Crippen LogP contribution in [0.3, 0.4) is 0 Å². The number of aliphatic carboxylic acids is 1. The van der Waals surface area contributed by atoms with Crippen molar-refractivity contribution in [3.8, 4) is 0 Å². The number of anilines is 1. The largest absolute Gasteiger partial charge is 0.480 e. The highest BCUT2D eigenvalue weighted by Crippen LogP contribution is 2.19. The van der Waals surface area contributed by atoms with Crippen molar-refractivity contribution in [1.29, 1.82) is 0 Å². The predicted octanol–water partition coefficient (Wildman–Crippen LogP) is 0.186. The van der Waals surface area contributed by atoms with Crippen LogP contribution in [0.1, 0.15) is 18.7 Å². The van der Waals surface area contributed by atoms with E-state index in [2.05, 4.69) is 10.3 Å². The van der Waals surface area contributed by atoms with Crippen LogP contribution in [0.5, 0.6) is 0 Å². The Kier molecular flexibility index (Phi) is 3.15. The van der Waals surface area contributed by atoms with Crippen molar-refractivity contribution in [3.05, 3.63) is 11.1 Å². The fourth-order valence-electron chi connectivity index (χ4n) is 0.764. The molecule has 1 unspecified atom stereocenters. The van der Waals surface area contributed by atoms with Crippen LogP contribution in [-0.2, 0) is 9.59 Å². The van der Waals surface area contributed by atoms with Gasteiger partial charge in [-0.25, -0.2) is 4.98 Å². The molecule has 0 aliphatic carbocycles. The molecular formula is C7H9N3O3S. The van der Waals surface area contributed by atoms with Gasteiger partial charge in [-0.05, 0) is 0 Å². The van der Waals surface area contributed by atoms with Gasteiger partial charge in [0.1, 0.15) is 6.04 Å². The van der Waals surface area contributed by atoms with Gasteiger partial charge in [0.05, 0.1) is 5.69 Å². The number of hydrogen-bond acceptors (Lipinski definition) is 5. The van der Waals surface area contributed by atoms with E-state index < -0.39 is 12.0 Å². The Morgan fingerprint density at radius 2 is 2.36 bits per heavy atom. The van der Waals surface area contributed by atoms with Gasteiger partial charge in [-0.3, -0.25) is 9.59 Å². The Hall–Kier alpha value is -1.47. The van der Waals surface area contributed by atoms with Gasteiger partial charge in [-0.15, -0.1) is 11.3 Å². The molecule has 0 fully saturated rings. The summed E-state index contributed by atoms with van der Waals surface area (Å²) in [5.41, 5.74) is 5.56. The average molecular weight is 215 g/mol. The zero-order chi connectivity index (χ0) is 10.7. The number of amides is 1. The number of aromatic nitrogens is 1. The molecule has 1 heterocycles. The fourth-order valence-corrected chi connectivity index (χ4v) is 1.56. The normalized spacial score (nSPS) is 12.1. The highest BCUT2D eigenvalue weighted by Gasteiger charge is 2.17. The SMILES string of the molecule is CC(=O)Nc1nc(C(N)C(=O)O)cs1. The molecule has 0 saturated heterocycles. The molecule has 7 heteroatoms. The molecule has 0 aromatic carbocycles. The van der Waals surface area contributed by atoms with Crippen LogP contribution in [0.25, 0.3) is 0 Å². The smallest absolute Gasteiger partial charge is 0.326 e. The summed E-state index contributed by atoms with van der Waals surface area (Å²) < 4.78 is 0. The van der Waals surface area contributed by atoms with Crippen molar-refractivity contribution in [2.24, 2.45) is 5.73 Å². The molecule has 0 aliphatic rings. The number of nitrogens with zero attached hydrogens (tertiary/aromatic N) is 1. The van der Waals surface area contributed by atoms with Gasteiger partial charge in [0.2, 0.25) is 5.91 Å². The van der Waals surface area contributed by atoms with Crippen LogP contribution in [0.2, 0.25) is 0 Å². The van der Waals surface area contributed by atoms with Crippen LogP contribution in [0.4, 0.5) is 5.13 Å². The zero-order valence-electron chi connectivity index (χ0n) is 7.35. The maximum atomic E-state index is 10.6. The third-order valence-corrected chi connectivity index (χ3v) is 2.17. The number of carboxylic acids is 1. The summed E-state index contributed by atoms with van der Waals surface area (Å²) in [6.45, 7) is 1.35. The van der Waals surface area contributed by atoms with Crippen molar-refractivity contribution < 1.29 is 14.7 Å². The molecule has 1 rings (SSSR count). The van der Waals surface area contributed by atoms with Gasteiger partial charge in [-0.1, -0.05) is 0 Å². The molecule has 0 spiro atoms. The number of carboxylic acid groups (broad SMARTS) is 1. The molecule has 1 amide bonds. The molecule has 0 saturated carbocycles. The van der Waals surface area contributed by atoms with Crippen molar-refractivity contribution in [3.63, 3.8) is 0 Å². The minimum Gasteiger partial charge on any atom is -0.480 e. The first-order chi connectivity index (χ1) is 6.50. The summed E-state index contributed by atoms with van der Waals surface area (Å²) in [6, 6.07) is -1.14. The van der Waals surface area contributed by atoms with Crippen molar-refractivity contribution in [2.45, 2.75) is 13.0 Å². The first-order valence-corrected chi connectivity index (χ1v) is 4.60. The van der Waals surface area contributed by atoms with Gasteiger partial charge >= 0.3 is 5.97 Å². The van der Waals surface area contributed by atoms with E-state index in [9.17, 15) is 9.59 Å². The van der Waals surface area contributed by atoms with Crippen molar-refractivity contribution in [1.82, 2.24) is 4.98 Å². The van der Waals surface area contributed by atoms with E-state index in [1.165, 1.54) is 12.3 Å². The lowest BCUT2D eigenvalue weighted by Crippen LogP contribution is -2.21. The highest BCUT2D eigenvalue weighted by atomic mass is 32.1. The maximum absolute atomic E-state index is 10.6. The second-order valence-electron chi connectivity index (χ2n) is 2.57. The number of carbonyl (C=O) groups is 2.